The highest BCUT2D eigenvalue weighted by Crippen LogP contribution is 2.49. The molecular weight excluding hydrogens is 1390 g/mol. The van der Waals surface area contributed by atoms with E-state index < -0.39 is 34.8 Å². The van der Waals surface area contributed by atoms with Crippen molar-refractivity contribution in [2.75, 3.05) is 79.9 Å². The van der Waals surface area contributed by atoms with Crippen LogP contribution in [0.4, 0.5) is 73.6 Å². The van der Waals surface area contributed by atoms with Gasteiger partial charge in [-0.3, -0.25) is 9.98 Å². The van der Waals surface area contributed by atoms with E-state index in [1.54, 1.807) is 48.5 Å². The Morgan fingerprint density at radius 3 is 0.719 bits per heavy atom. The smallest absolute Gasteiger partial charge is 0.399 e. The summed E-state index contributed by atoms with van der Waals surface area (Å²) < 4.78 is 125. The van der Waals surface area contributed by atoms with Crippen molar-refractivity contribution in [3.63, 3.8) is 0 Å². The van der Waals surface area contributed by atoms with Gasteiger partial charge in [0.1, 0.15) is 16.2 Å². The number of thioether (sulfide) groups is 2. The lowest BCUT2D eigenvalue weighted by Gasteiger charge is -2.33. The van der Waals surface area contributed by atoms with E-state index in [0.717, 1.165) is 88.9 Å². The zero-order valence-corrected chi connectivity index (χ0v) is 62.6. The number of thiol groups is 6. The molecule has 6 rings (SSSR count). The number of unbranched alkanes of at least 4 members (excludes halogenated alkanes) is 12. The number of anilines is 4. The number of rotatable bonds is 36. The van der Waals surface area contributed by atoms with Crippen LogP contribution in [-0.4, -0.2) is 89.7 Å². The highest BCUT2D eigenvalue weighted by Gasteiger charge is 2.55. The Kier molecular flexibility index (Phi) is 44.0. The first kappa shape index (κ1) is 88.1. The average Bonchev–Trinajstić information content (AvgIpc) is 0.776. The third-order valence-electron chi connectivity index (χ3n) is 16.1. The largest absolute Gasteiger partial charge is 0.402 e. The summed E-state index contributed by atoms with van der Waals surface area (Å²) in [7, 11) is 0. The number of nitrogen functional groups attached to an aromatic ring is 2. The van der Waals surface area contributed by atoms with Crippen molar-refractivity contribution in [2.45, 2.75) is 158 Å². The summed E-state index contributed by atoms with van der Waals surface area (Å²) in [4.78, 5) is 7.40. The van der Waals surface area contributed by atoms with Crippen LogP contribution in [0.5, 0.6) is 0 Å². The summed E-state index contributed by atoms with van der Waals surface area (Å²) in [6.45, 7) is 10.3. The monoisotopic (exact) mass is 1490 g/mol. The Labute approximate surface area is 608 Å². The van der Waals surface area contributed by atoms with Gasteiger partial charge >= 0.3 is 18.5 Å². The SMILES string of the molecule is C=Nc1ccc(C(C)(c2ccc(N=C)cc2)C(F)(F)F)cc1.CC(c1ccc(N)cc1)(c1ccc(N)cc1)C(F)(F)F.CC(c1ccc(NCSCCCCCCS)cc1)(c1ccc(NCSCCCCCCS)cc1)C(F)(F)F.SCCCCCCS.SCCCCCCS. The maximum atomic E-state index is 14.4. The van der Waals surface area contributed by atoms with Crippen LogP contribution in [0.15, 0.2) is 156 Å². The molecule has 96 heavy (non-hydrogen) atoms. The molecule has 0 heterocycles. The van der Waals surface area contributed by atoms with Crippen molar-refractivity contribution in [1.29, 1.82) is 0 Å². The van der Waals surface area contributed by atoms with Crippen LogP contribution < -0.4 is 22.1 Å². The van der Waals surface area contributed by atoms with Crippen molar-refractivity contribution in [3.05, 3.63) is 179 Å². The topological polar surface area (TPSA) is 101 Å². The Morgan fingerprint density at radius 1 is 0.323 bits per heavy atom. The second kappa shape index (κ2) is 48.0. The lowest BCUT2D eigenvalue weighted by molar-refractivity contribution is -0.173. The van der Waals surface area contributed by atoms with Crippen molar-refractivity contribution >= 4 is 147 Å². The van der Waals surface area contributed by atoms with Gasteiger partial charge in [0.2, 0.25) is 0 Å². The molecule has 0 saturated carbocycles. The summed E-state index contributed by atoms with van der Waals surface area (Å²) >= 11 is 28.5. The molecule has 6 aromatic rings. The molecule has 6 N–H and O–H groups in total. The summed E-state index contributed by atoms with van der Waals surface area (Å²) in [5, 5.41) is 6.62. The number of hydrogen-bond acceptors (Lipinski definition) is 14. The van der Waals surface area contributed by atoms with Crippen LogP contribution in [-0.2, 0) is 16.2 Å². The molecule has 0 spiro atoms. The third-order valence-corrected chi connectivity index (χ3v) is 19.9. The fourth-order valence-corrected chi connectivity index (χ4v) is 12.6. The molecule has 0 aliphatic rings. The molecule has 0 bridgehead atoms. The van der Waals surface area contributed by atoms with Gasteiger partial charge in [0, 0.05) is 22.7 Å². The summed E-state index contributed by atoms with van der Waals surface area (Å²) in [6.07, 6.45) is 6.56. The minimum absolute atomic E-state index is 0.143. The minimum Gasteiger partial charge on any atom is -0.399 e. The Bertz CT molecular complexity index is 2790. The molecule has 0 aliphatic carbocycles. The van der Waals surface area contributed by atoms with E-state index in [4.69, 9.17) is 11.5 Å². The molecule has 0 aliphatic heterocycles. The van der Waals surface area contributed by atoms with Crippen LogP contribution >= 0.6 is 99.3 Å². The zero-order chi connectivity index (χ0) is 71.5. The van der Waals surface area contributed by atoms with E-state index in [1.807, 2.05) is 23.5 Å². The summed E-state index contributed by atoms with van der Waals surface area (Å²) in [5.41, 5.74) is 9.39. The normalized spacial score (nSPS) is 11.7. The minimum atomic E-state index is -4.45. The molecular formula is C73H101F9N6S8. The van der Waals surface area contributed by atoms with E-state index >= 15 is 0 Å². The van der Waals surface area contributed by atoms with Gasteiger partial charge in [-0.1, -0.05) is 124 Å². The van der Waals surface area contributed by atoms with E-state index in [9.17, 15) is 39.5 Å². The fraction of sp³-hybridized carbons (Fsp3) is 0.479. The number of benzene rings is 6. The van der Waals surface area contributed by atoms with E-state index in [1.165, 1.54) is 201 Å². The van der Waals surface area contributed by atoms with Crippen LogP contribution in [0.1, 0.15) is 157 Å². The molecule has 0 aromatic heterocycles. The van der Waals surface area contributed by atoms with Gasteiger partial charge in [-0.25, -0.2) is 0 Å². The molecule has 0 amide bonds. The van der Waals surface area contributed by atoms with Crippen LogP contribution in [0.3, 0.4) is 0 Å². The second-order valence-corrected chi connectivity index (χ2v) is 28.0. The highest BCUT2D eigenvalue weighted by atomic mass is 32.2. The lowest BCUT2D eigenvalue weighted by Crippen LogP contribution is -2.40. The van der Waals surface area contributed by atoms with Crippen LogP contribution in [0, 0.1) is 0 Å². The maximum Gasteiger partial charge on any atom is 0.402 e. The van der Waals surface area contributed by atoms with Crippen LogP contribution in [0.25, 0.3) is 0 Å². The number of nitrogens with two attached hydrogens (primary N) is 2. The lowest BCUT2D eigenvalue weighted by atomic mass is 9.75. The Balaban J connectivity index is 0.000000459. The number of nitrogens with one attached hydrogen (secondary N) is 2. The first-order valence-corrected chi connectivity index (χ1v) is 38.4. The molecule has 23 heteroatoms. The number of halogens is 9. The highest BCUT2D eigenvalue weighted by molar-refractivity contribution is 7.99. The van der Waals surface area contributed by atoms with E-state index in [0.29, 0.717) is 22.7 Å². The van der Waals surface area contributed by atoms with Gasteiger partial charge < -0.3 is 22.1 Å². The first-order chi connectivity index (χ1) is 45.7. The fourth-order valence-electron chi connectivity index (χ4n) is 9.66. The number of hydrogen-bond donors (Lipinski definition) is 10. The van der Waals surface area contributed by atoms with Crippen molar-refractivity contribution in [3.8, 4) is 0 Å². The van der Waals surface area contributed by atoms with Gasteiger partial charge in [0.15, 0.2) is 0 Å². The van der Waals surface area contributed by atoms with E-state index in [2.05, 4.69) is 110 Å². The average molecular weight is 1490 g/mol. The van der Waals surface area contributed by atoms with Gasteiger partial charge in [-0.2, -0.15) is 115 Å². The van der Waals surface area contributed by atoms with Crippen molar-refractivity contribution in [2.24, 2.45) is 9.98 Å². The maximum absolute atomic E-state index is 14.4. The Morgan fingerprint density at radius 2 is 0.521 bits per heavy atom. The van der Waals surface area contributed by atoms with Gasteiger partial charge in [0.25, 0.3) is 0 Å². The first-order valence-electron chi connectivity index (χ1n) is 32.3. The molecule has 0 saturated heterocycles. The zero-order valence-electron chi connectivity index (χ0n) is 55.6. The van der Waals surface area contributed by atoms with Gasteiger partial charge in [0.05, 0.1) is 23.1 Å². The molecule has 0 radical (unpaired) electrons. The molecule has 0 unspecified atom stereocenters. The third kappa shape index (κ3) is 30.5. The molecule has 6 nitrogen and oxygen atoms in total. The molecule has 0 fully saturated rings. The van der Waals surface area contributed by atoms with Gasteiger partial charge in [-0.15, -0.1) is 23.5 Å². The summed E-state index contributed by atoms with van der Waals surface area (Å²) in [5.74, 6) is 9.65. The Hall–Kier alpha value is -3.97. The number of nitrogens with zero attached hydrogens (tertiary/aromatic N) is 2. The van der Waals surface area contributed by atoms with Crippen molar-refractivity contribution < 1.29 is 39.5 Å². The molecule has 6 aromatic carbocycles. The summed E-state index contributed by atoms with van der Waals surface area (Å²) in [6, 6.07) is 36.6. The molecule has 534 valence electrons. The standard InChI is InChI=1S/C29H43F3N2S4.C17H15F3N2.C15H15F3N2.2C6H14S2/c1-28(29(30,31)32,24-10-14-26(15-11-24)33-22-37-20-8-4-2-6-18-35)25-12-16-27(17-13-25)34-23-38-21-9-5-3-7-19-36;1-16(17(18,19)20,12-4-8-14(21-2)9-5-12)13-6-10-15(22-3)11-7-13;1-14(15(16,17)18,10-2-6-12(19)7-3-10)11-4-8-13(20)9-5-11;2*7-5-3-1-2-4-6-8/h10-17,33-36H,2-9,18-23H2,1H3;4-11H,2-3H2,1H3;2-9H,19-20H2,1H3;2*7-8H,1-6H2. The van der Waals surface area contributed by atoms with Crippen molar-refractivity contribution in [1.82, 2.24) is 0 Å². The predicted octanol–water partition coefficient (Wildman–Crippen LogP) is 23.5. The number of alkyl halides is 9. The predicted molar refractivity (Wildman–Crippen MR) is 422 cm³/mol. The van der Waals surface area contributed by atoms with E-state index in [-0.39, 0.29) is 33.4 Å². The van der Waals surface area contributed by atoms with Gasteiger partial charge in [-0.05, 0) is 238 Å². The second-order valence-electron chi connectivity index (χ2n) is 23.1. The number of aliphatic imine (C=N–C) groups is 2. The molecule has 0 atom stereocenters. The quantitative estimate of drug-likeness (QED) is 0.00481. The van der Waals surface area contributed by atoms with Crippen LogP contribution in [0.2, 0.25) is 0 Å².